The Bertz CT molecular complexity index is 508. The van der Waals surface area contributed by atoms with Gasteiger partial charge in [-0.1, -0.05) is 35.3 Å². The molecule has 2 N–H and O–H groups in total. The van der Waals surface area contributed by atoms with Crippen molar-refractivity contribution in [2.75, 3.05) is 0 Å². The molecule has 0 saturated carbocycles. The molecule has 0 radical (unpaired) electrons. The van der Waals surface area contributed by atoms with Crippen molar-refractivity contribution in [1.29, 1.82) is 0 Å². The maximum atomic E-state index is 6.12. The van der Waals surface area contributed by atoms with Gasteiger partial charge in [-0.15, -0.1) is 11.3 Å². The SMILES string of the molecule is CC(N)c1csc(-c2cccc(Cl)c2Cl)n1. The van der Waals surface area contributed by atoms with Crippen molar-refractivity contribution in [3.8, 4) is 10.6 Å². The summed E-state index contributed by atoms with van der Waals surface area (Å²) < 4.78 is 0. The van der Waals surface area contributed by atoms with Gasteiger partial charge in [-0.05, 0) is 13.0 Å². The summed E-state index contributed by atoms with van der Waals surface area (Å²) >= 11 is 13.6. The molecule has 2 aromatic rings. The van der Waals surface area contributed by atoms with Crippen molar-refractivity contribution in [3.05, 3.63) is 39.3 Å². The molecule has 0 amide bonds. The molecule has 0 bridgehead atoms. The zero-order valence-corrected chi connectivity index (χ0v) is 10.9. The van der Waals surface area contributed by atoms with Crippen molar-refractivity contribution in [2.45, 2.75) is 13.0 Å². The van der Waals surface area contributed by atoms with Crippen LogP contribution in [0, 0.1) is 0 Å². The number of rotatable bonds is 2. The Labute approximate surface area is 108 Å². The van der Waals surface area contributed by atoms with Gasteiger partial charge in [0, 0.05) is 17.0 Å². The summed E-state index contributed by atoms with van der Waals surface area (Å²) in [5, 5.41) is 3.86. The molecule has 1 heterocycles. The molecule has 0 aliphatic heterocycles. The minimum absolute atomic E-state index is 0.0667. The second kappa shape index (κ2) is 4.72. The number of thiazole rings is 1. The summed E-state index contributed by atoms with van der Waals surface area (Å²) in [5.74, 6) is 0. The van der Waals surface area contributed by atoms with E-state index in [0.717, 1.165) is 16.3 Å². The molecule has 0 saturated heterocycles. The summed E-state index contributed by atoms with van der Waals surface area (Å²) in [6, 6.07) is 5.45. The Morgan fingerprint density at radius 1 is 1.38 bits per heavy atom. The molecule has 16 heavy (non-hydrogen) atoms. The predicted molar refractivity (Wildman–Crippen MR) is 70.2 cm³/mol. The van der Waals surface area contributed by atoms with E-state index in [2.05, 4.69) is 4.98 Å². The average Bonchev–Trinajstić information content (AvgIpc) is 2.71. The standard InChI is InChI=1S/C11H10Cl2N2S/c1-6(14)9-5-16-11(15-9)7-3-2-4-8(12)10(7)13/h2-6H,14H2,1H3. The summed E-state index contributed by atoms with van der Waals surface area (Å²) in [4.78, 5) is 4.43. The third kappa shape index (κ3) is 2.23. The van der Waals surface area contributed by atoms with Gasteiger partial charge in [-0.3, -0.25) is 0 Å². The van der Waals surface area contributed by atoms with E-state index in [0.29, 0.717) is 10.0 Å². The van der Waals surface area contributed by atoms with E-state index in [1.54, 1.807) is 6.07 Å². The maximum absolute atomic E-state index is 6.12. The predicted octanol–water partition coefficient (Wildman–Crippen LogP) is 4.14. The topological polar surface area (TPSA) is 38.9 Å². The molecule has 0 aliphatic rings. The van der Waals surface area contributed by atoms with E-state index in [-0.39, 0.29) is 6.04 Å². The van der Waals surface area contributed by atoms with Crippen LogP contribution in [0.4, 0.5) is 0 Å². The first-order valence-electron chi connectivity index (χ1n) is 4.75. The molecule has 2 rings (SSSR count). The van der Waals surface area contributed by atoms with Crippen LogP contribution >= 0.6 is 34.5 Å². The second-order valence-electron chi connectivity index (χ2n) is 3.47. The van der Waals surface area contributed by atoms with Gasteiger partial charge in [0.25, 0.3) is 0 Å². The molecule has 1 aromatic heterocycles. The Hall–Kier alpha value is -0.610. The Kier molecular flexibility index (Phi) is 3.50. The first-order valence-corrected chi connectivity index (χ1v) is 6.38. The van der Waals surface area contributed by atoms with E-state index < -0.39 is 0 Å². The van der Waals surface area contributed by atoms with Gasteiger partial charge < -0.3 is 5.73 Å². The number of aromatic nitrogens is 1. The molecular formula is C11H10Cl2N2S. The molecule has 5 heteroatoms. The highest BCUT2D eigenvalue weighted by molar-refractivity contribution is 7.13. The summed E-state index contributed by atoms with van der Waals surface area (Å²) in [6.45, 7) is 1.90. The van der Waals surface area contributed by atoms with Gasteiger partial charge in [0.05, 0.1) is 15.7 Å². The van der Waals surface area contributed by atoms with E-state index in [1.165, 1.54) is 11.3 Å². The van der Waals surface area contributed by atoms with Crippen LogP contribution < -0.4 is 5.73 Å². The quantitative estimate of drug-likeness (QED) is 0.893. The fourth-order valence-electron chi connectivity index (χ4n) is 1.29. The lowest BCUT2D eigenvalue weighted by Crippen LogP contribution is -2.04. The molecule has 0 fully saturated rings. The lowest BCUT2D eigenvalue weighted by Gasteiger charge is -2.02. The zero-order valence-electron chi connectivity index (χ0n) is 8.58. The number of hydrogen-bond donors (Lipinski definition) is 1. The molecule has 1 atom stereocenters. The molecule has 0 spiro atoms. The van der Waals surface area contributed by atoms with Crippen LogP contribution in [0.25, 0.3) is 10.6 Å². The Morgan fingerprint density at radius 3 is 2.75 bits per heavy atom. The van der Waals surface area contributed by atoms with Crippen LogP contribution in [0.1, 0.15) is 18.7 Å². The first kappa shape index (κ1) is 11.9. The van der Waals surface area contributed by atoms with Crippen LogP contribution in [0.5, 0.6) is 0 Å². The van der Waals surface area contributed by atoms with Gasteiger partial charge in [-0.2, -0.15) is 0 Å². The van der Waals surface area contributed by atoms with E-state index in [9.17, 15) is 0 Å². The van der Waals surface area contributed by atoms with Crippen molar-refractivity contribution >= 4 is 34.5 Å². The van der Waals surface area contributed by atoms with Gasteiger partial charge in [0.1, 0.15) is 5.01 Å². The highest BCUT2D eigenvalue weighted by Crippen LogP contribution is 2.35. The highest BCUT2D eigenvalue weighted by atomic mass is 35.5. The van der Waals surface area contributed by atoms with E-state index in [1.807, 2.05) is 24.4 Å². The molecule has 1 unspecified atom stereocenters. The van der Waals surface area contributed by atoms with Crippen molar-refractivity contribution < 1.29 is 0 Å². The largest absolute Gasteiger partial charge is 0.323 e. The van der Waals surface area contributed by atoms with Gasteiger partial charge >= 0.3 is 0 Å². The van der Waals surface area contributed by atoms with Crippen LogP contribution in [-0.2, 0) is 0 Å². The first-order chi connectivity index (χ1) is 7.59. The average molecular weight is 273 g/mol. The van der Waals surface area contributed by atoms with Gasteiger partial charge in [0.2, 0.25) is 0 Å². The Morgan fingerprint density at radius 2 is 2.12 bits per heavy atom. The molecule has 0 aliphatic carbocycles. The van der Waals surface area contributed by atoms with Crippen molar-refractivity contribution in [3.63, 3.8) is 0 Å². The molecule has 84 valence electrons. The van der Waals surface area contributed by atoms with Crippen molar-refractivity contribution in [2.24, 2.45) is 5.73 Å². The Balaban J connectivity index is 2.47. The highest BCUT2D eigenvalue weighted by Gasteiger charge is 2.12. The summed E-state index contributed by atoms with van der Waals surface area (Å²) in [7, 11) is 0. The van der Waals surface area contributed by atoms with Gasteiger partial charge in [-0.25, -0.2) is 4.98 Å². The minimum Gasteiger partial charge on any atom is -0.323 e. The molecule has 1 aromatic carbocycles. The lowest BCUT2D eigenvalue weighted by atomic mass is 10.2. The third-order valence-electron chi connectivity index (χ3n) is 2.17. The fourth-order valence-corrected chi connectivity index (χ4v) is 2.69. The van der Waals surface area contributed by atoms with E-state index in [4.69, 9.17) is 28.9 Å². The lowest BCUT2D eigenvalue weighted by molar-refractivity contribution is 0.790. The van der Waals surface area contributed by atoms with Crippen LogP contribution in [0.3, 0.4) is 0 Å². The van der Waals surface area contributed by atoms with Crippen LogP contribution in [-0.4, -0.2) is 4.98 Å². The second-order valence-corrected chi connectivity index (χ2v) is 5.11. The summed E-state index contributed by atoms with van der Waals surface area (Å²) in [5.41, 5.74) is 7.48. The van der Waals surface area contributed by atoms with Crippen molar-refractivity contribution in [1.82, 2.24) is 4.98 Å². The third-order valence-corrected chi connectivity index (χ3v) is 3.88. The number of nitrogens with zero attached hydrogens (tertiary/aromatic N) is 1. The smallest absolute Gasteiger partial charge is 0.125 e. The van der Waals surface area contributed by atoms with Gasteiger partial charge in [0.15, 0.2) is 0 Å². The van der Waals surface area contributed by atoms with E-state index >= 15 is 0 Å². The fraction of sp³-hybridized carbons (Fsp3) is 0.182. The zero-order chi connectivity index (χ0) is 11.7. The number of halogens is 2. The van der Waals surface area contributed by atoms with Crippen LogP contribution in [0.15, 0.2) is 23.6 Å². The number of hydrogen-bond acceptors (Lipinski definition) is 3. The molecule has 2 nitrogen and oxygen atoms in total. The normalized spacial score (nSPS) is 12.8. The maximum Gasteiger partial charge on any atom is 0.125 e. The number of benzene rings is 1. The molecular weight excluding hydrogens is 263 g/mol. The monoisotopic (exact) mass is 272 g/mol. The minimum atomic E-state index is -0.0667. The van der Waals surface area contributed by atoms with Crippen LogP contribution in [0.2, 0.25) is 10.0 Å². The summed E-state index contributed by atoms with van der Waals surface area (Å²) in [6.07, 6.45) is 0. The number of nitrogens with two attached hydrogens (primary N) is 1.